The van der Waals surface area contributed by atoms with Crippen LogP contribution in [-0.2, 0) is 11.0 Å². The molecule has 3 N–H and O–H groups in total. The number of H-pyrrole nitrogens is 1. The standard InChI is InChI=1S/C13H11N5O3.C6H13NOS/c1-7-8(13(20)21)5-18-10(7)11(15-6-16-18)17-9-3-2-4-14-12(9)19;1-9(8)7-5-3-2-4-6-7/h2-6H,1H3,(H,14,19)(H,20,21)(H,15,16,17);2-6H2,1H3. The molecule has 3 aromatic rings. The van der Waals surface area contributed by atoms with Crippen LogP contribution in [0.2, 0.25) is 0 Å². The minimum atomic E-state index is -1.04. The summed E-state index contributed by atoms with van der Waals surface area (Å²) in [6, 6.07) is 3.28. The van der Waals surface area contributed by atoms with Crippen LogP contribution in [0.5, 0.6) is 0 Å². The van der Waals surface area contributed by atoms with Crippen LogP contribution >= 0.6 is 0 Å². The Balaban J connectivity index is 0.000000239. The molecule has 1 saturated heterocycles. The maximum absolute atomic E-state index is 11.7. The van der Waals surface area contributed by atoms with Crippen molar-refractivity contribution >= 4 is 34.0 Å². The van der Waals surface area contributed by atoms with Gasteiger partial charge in [-0.1, -0.05) is 6.42 Å². The first-order valence-corrected chi connectivity index (χ1v) is 11.0. The predicted molar refractivity (Wildman–Crippen MR) is 115 cm³/mol. The number of piperidine rings is 1. The molecular weight excluding hydrogens is 408 g/mol. The van der Waals surface area contributed by atoms with E-state index in [0.717, 1.165) is 13.1 Å². The van der Waals surface area contributed by atoms with Crippen molar-refractivity contribution in [2.24, 2.45) is 0 Å². The molecule has 3 aromatic heterocycles. The van der Waals surface area contributed by atoms with Gasteiger partial charge >= 0.3 is 5.97 Å². The fourth-order valence-corrected chi connectivity index (χ4v) is 4.01. The number of fused-ring (bicyclic) bond motifs is 1. The molecule has 0 aliphatic carbocycles. The predicted octanol–water partition coefficient (Wildman–Crippen LogP) is 1.93. The second-order valence-corrected chi connectivity index (χ2v) is 8.19. The molecule has 1 aliphatic heterocycles. The summed E-state index contributed by atoms with van der Waals surface area (Å²) >= 11 is 0. The van der Waals surface area contributed by atoms with Crippen molar-refractivity contribution in [1.29, 1.82) is 0 Å². The average Bonchev–Trinajstić information content (AvgIpc) is 3.09. The minimum absolute atomic E-state index is 0.139. The lowest BCUT2D eigenvalue weighted by molar-refractivity contribution is 0.0696. The van der Waals surface area contributed by atoms with E-state index in [9.17, 15) is 13.8 Å². The number of aromatic carboxylic acids is 1. The lowest BCUT2D eigenvalue weighted by Crippen LogP contribution is -2.30. The Morgan fingerprint density at radius 2 is 2.03 bits per heavy atom. The maximum Gasteiger partial charge on any atom is 0.337 e. The number of carboxylic acid groups (broad SMARTS) is 1. The Morgan fingerprint density at radius 1 is 1.30 bits per heavy atom. The summed E-state index contributed by atoms with van der Waals surface area (Å²) < 4.78 is 14.3. The highest BCUT2D eigenvalue weighted by atomic mass is 32.2. The monoisotopic (exact) mass is 432 g/mol. The topological polar surface area (TPSA) is 133 Å². The number of rotatable bonds is 4. The lowest BCUT2D eigenvalue weighted by atomic mass is 10.2. The number of carbonyl (C=O) groups is 1. The lowest BCUT2D eigenvalue weighted by Gasteiger charge is -2.22. The van der Waals surface area contributed by atoms with Gasteiger partial charge in [-0.25, -0.2) is 22.8 Å². The van der Waals surface area contributed by atoms with Gasteiger partial charge in [-0.05, 0) is 37.5 Å². The zero-order chi connectivity index (χ0) is 21.7. The third-order valence-corrected chi connectivity index (χ3v) is 5.90. The first kappa shape index (κ1) is 21.7. The number of aromatic nitrogens is 4. The van der Waals surface area contributed by atoms with E-state index in [1.54, 1.807) is 25.3 Å². The number of hydrogen-bond donors (Lipinski definition) is 3. The quantitative estimate of drug-likeness (QED) is 0.574. The van der Waals surface area contributed by atoms with Crippen molar-refractivity contribution in [2.45, 2.75) is 26.2 Å². The third-order valence-electron chi connectivity index (χ3n) is 4.81. The zero-order valence-electron chi connectivity index (χ0n) is 16.8. The van der Waals surface area contributed by atoms with Crippen LogP contribution in [0.25, 0.3) is 5.52 Å². The van der Waals surface area contributed by atoms with Gasteiger partial charge in [-0.15, -0.1) is 0 Å². The molecule has 1 unspecified atom stereocenters. The van der Waals surface area contributed by atoms with Crippen molar-refractivity contribution in [2.75, 3.05) is 24.7 Å². The molecule has 0 amide bonds. The van der Waals surface area contributed by atoms with Crippen molar-refractivity contribution in [1.82, 2.24) is 23.9 Å². The van der Waals surface area contributed by atoms with Crippen molar-refractivity contribution in [3.05, 3.63) is 52.3 Å². The van der Waals surface area contributed by atoms with E-state index >= 15 is 0 Å². The SMILES string of the molecule is CS(=O)N1CCCCC1.Cc1c(C(=O)O)cn2ncnc(Nc3ccc[nH]c3=O)c12. The van der Waals surface area contributed by atoms with Crippen molar-refractivity contribution < 1.29 is 14.1 Å². The van der Waals surface area contributed by atoms with Gasteiger partial charge in [0.15, 0.2) is 5.82 Å². The Morgan fingerprint density at radius 3 is 2.63 bits per heavy atom. The van der Waals surface area contributed by atoms with Gasteiger partial charge in [0.1, 0.15) is 17.5 Å². The number of anilines is 2. The van der Waals surface area contributed by atoms with Gasteiger partial charge in [0.05, 0.1) is 16.5 Å². The van der Waals surface area contributed by atoms with E-state index < -0.39 is 17.0 Å². The van der Waals surface area contributed by atoms with Crippen LogP contribution in [0.15, 0.2) is 35.6 Å². The molecule has 160 valence electrons. The van der Waals surface area contributed by atoms with Crippen LogP contribution in [0, 0.1) is 6.92 Å². The number of nitrogens with zero attached hydrogens (tertiary/aromatic N) is 4. The molecule has 0 bridgehead atoms. The Hall–Kier alpha value is -3.05. The van der Waals surface area contributed by atoms with Crippen molar-refractivity contribution in [3.63, 3.8) is 0 Å². The minimum Gasteiger partial charge on any atom is -0.478 e. The van der Waals surface area contributed by atoms with Crippen LogP contribution in [0.4, 0.5) is 11.5 Å². The molecule has 0 spiro atoms. The van der Waals surface area contributed by atoms with Crippen molar-refractivity contribution in [3.8, 4) is 0 Å². The molecule has 1 atom stereocenters. The molecule has 0 saturated carbocycles. The van der Waals surface area contributed by atoms with Crippen LogP contribution in [0.1, 0.15) is 35.2 Å². The summed E-state index contributed by atoms with van der Waals surface area (Å²) in [5, 5.41) is 16.0. The molecule has 11 heteroatoms. The smallest absolute Gasteiger partial charge is 0.337 e. The van der Waals surface area contributed by atoms with Gasteiger partial charge in [-0.3, -0.25) is 4.79 Å². The molecule has 0 aromatic carbocycles. The highest BCUT2D eigenvalue weighted by Gasteiger charge is 2.17. The number of hydrogen-bond acceptors (Lipinski definition) is 6. The molecule has 1 fully saturated rings. The maximum atomic E-state index is 11.7. The molecule has 4 rings (SSSR count). The normalized spacial score (nSPS) is 15.3. The second kappa shape index (κ2) is 9.63. The Bertz CT molecular complexity index is 1120. The van der Waals surface area contributed by atoms with Gasteiger partial charge in [0.2, 0.25) is 0 Å². The zero-order valence-corrected chi connectivity index (χ0v) is 17.6. The first-order valence-electron chi connectivity index (χ1n) is 9.48. The van der Waals surface area contributed by atoms with E-state index in [4.69, 9.17) is 5.11 Å². The van der Waals surface area contributed by atoms with E-state index in [0.29, 0.717) is 22.6 Å². The first-order chi connectivity index (χ1) is 14.4. The summed E-state index contributed by atoms with van der Waals surface area (Å²) in [5.41, 5.74) is 1.20. The number of pyridine rings is 1. The third kappa shape index (κ3) is 4.92. The van der Waals surface area contributed by atoms with Gasteiger partial charge in [-0.2, -0.15) is 5.10 Å². The highest BCUT2D eigenvalue weighted by molar-refractivity contribution is 7.81. The molecule has 30 heavy (non-hydrogen) atoms. The van der Waals surface area contributed by atoms with E-state index in [1.807, 2.05) is 4.31 Å². The molecular formula is C19H24N6O4S. The van der Waals surface area contributed by atoms with Gasteiger partial charge < -0.3 is 15.4 Å². The second-order valence-electron chi connectivity index (χ2n) is 6.83. The average molecular weight is 433 g/mol. The van der Waals surface area contributed by atoms with Crippen LogP contribution < -0.4 is 10.9 Å². The molecule has 10 nitrogen and oxygen atoms in total. The largest absolute Gasteiger partial charge is 0.478 e. The van der Waals surface area contributed by atoms with Gasteiger partial charge in [0, 0.05) is 31.7 Å². The molecule has 0 radical (unpaired) electrons. The number of nitrogens with one attached hydrogen (secondary N) is 2. The van der Waals surface area contributed by atoms with E-state index in [2.05, 4.69) is 20.4 Å². The summed E-state index contributed by atoms with van der Waals surface area (Å²) in [6.07, 6.45) is 9.74. The molecule has 1 aliphatic rings. The van der Waals surface area contributed by atoms with Crippen LogP contribution in [-0.4, -0.2) is 58.5 Å². The molecule has 4 heterocycles. The number of aromatic amines is 1. The summed E-state index contributed by atoms with van der Waals surface area (Å²) in [4.78, 5) is 29.5. The highest BCUT2D eigenvalue weighted by Crippen LogP contribution is 2.24. The van der Waals surface area contributed by atoms with E-state index in [1.165, 1.54) is 42.5 Å². The summed E-state index contributed by atoms with van der Waals surface area (Å²) in [7, 11) is -0.719. The number of aryl methyl sites for hydroxylation is 1. The van der Waals surface area contributed by atoms with Gasteiger partial charge in [0.25, 0.3) is 5.56 Å². The fourth-order valence-electron chi connectivity index (χ4n) is 3.24. The van der Waals surface area contributed by atoms with E-state index in [-0.39, 0.29) is 11.1 Å². The number of carboxylic acids is 1. The fraction of sp³-hybridized carbons (Fsp3) is 0.368. The summed E-state index contributed by atoms with van der Waals surface area (Å²) in [5.74, 6) is -0.673. The van der Waals surface area contributed by atoms with Crippen LogP contribution in [0.3, 0.4) is 0 Å². The summed E-state index contributed by atoms with van der Waals surface area (Å²) in [6.45, 7) is 3.73. The Labute approximate surface area is 175 Å². The Kier molecular flexibility index (Phi) is 6.95.